The van der Waals surface area contributed by atoms with E-state index in [1.807, 2.05) is 53.4 Å². The largest absolute Gasteiger partial charge is 0.497 e. The molecule has 1 fully saturated rings. The first-order valence-electron chi connectivity index (χ1n) is 9.17. The van der Waals surface area contributed by atoms with Gasteiger partial charge in [0.2, 0.25) is 0 Å². The summed E-state index contributed by atoms with van der Waals surface area (Å²) in [7, 11) is 3.28. The number of carbonyl (C=O) groups excluding carboxylic acids is 1. The van der Waals surface area contributed by atoms with Crippen molar-refractivity contribution in [3.05, 3.63) is 54.1 Å². The highest BCUT2D eigenvalue weighted by molar-refractivity contribution is 5.75. The monoisotopic (exact) mass is 370 g/mol. The summed E-state index contributed by atoms with van der Waals surface area (Å²) < 4.78 is 16.3. The highest BCUT2D eigenvalue weighted by Gasteiger charge is 2.31. The molecule has 0 bridgehead atoms. The number of amides is 2. The molecule has 0 aromatic heterocycles. The van der Waals surface area contributed by atoms with Gasteiger partial charge in [-0.25, -0.2) is 4.79 Å². The Kier molecular flexibility index (Phi) is 6.41. The Morgan fingerprint density at radius 3 is 2.74 bits per heavy atom. The zero-order chi connectivity index (χ0) is 19.1. The van der Waals surface area contributed by atoms with Gasteiger partial charge in [0.05, 0.1) is 26.8 Å². The van der Waals surface area contributed by atoms with E-state index in [0.29, 0.717) is 13.2 Å². The van der Waals surface area contributed by atoms with Gasteiger partial charge in [-0.2, -0.15) is 0 Å². The molecule has 0 radical (unpaired) electrons. The number of ether oxygens (including phenoxy) is 3. The Morgan fingerprint density at radius 2 is 1.93 bits per heavy atom. The molecule has 1 aliphatic rings. The van der Waals surface area contributed by atoms with Crippen LogP contribution in [0.4, 0.5) is 4.79 Å². The SMILES string of the molecule is COc1cccc(OCCNC(=O)N2CCCC2c2ccccc2OC)c1. The second-order valence-corrected chi connectivity index (χ2v) is 6.35. The lowest BCUT2D eigenvalue weighted by molar-refractivity contribution is 0.189. The Labute approximate surface area is 160 Å². The molecule has 6 heteroatoms. The highest BCUT2D eigenvalue weighted by atomic mass is 16.5. The lowest BCUT2D eigenvalue weighted by atomic mass is 10.0. The molecule has 3 rings (SSSR count). The van der Waals surface area contributed by atoms with Gasteiger partial charge in [0.25, 0.3) is 0 Å². The summed E-state index contributed by atoms with van der Waals surface area (Å²) in [6.07, 6.45) is 1.92. The topological polar surface area (TPSA) is 60.0 Å². The van der Waals surface area contributed by atoms with Crippen molar-refractivity contribution in [2.24, 2.45) is 0 Å². The summed E-state index contributed by atoms with van der Waals surface area (Å²) in [6, 6.07) is 15.3. The van der Waals surface area contributed by atoms with Gasteiger partial charge in [0, 0.05) is 18.2 Å². The molecule has 1 aliphatic heterocycles. The second-order valence-electron chi connectivity index (χ2n) is 6.35. The van der Waals surface area contributed by atoms with Crippen molar-refractivity contribution >= 4 is 6.03 Å². The zero-order valence-electron chi connectivity index (χ0n) is 15.8. The van der Waals surface area contributed by atoms with Gasteiger partial charge in [0.15, 0.2) is 0 Å². The molecule has 1 unspecified atom stereocenters. The van der Waals surface area contributed by atoms with Gasteiger partial charge in [0.1, 0.15) is 23.9 Å². The van der Waals surface area contributed by atoms with E-state index in [-0.39, 0.29) is 12.1 Å². The predicted octanol–water partition coefficient (Wildman–Crippen LogP) is 3.63. The maximum Gasteiger partial charge on any atom is 0.318 e. The smallest absolute Gasteiger partial charge is 0.318 e. The van der Waals surface area contributed by atoms with Crippen LogP contribution in [0.2, 0.25) is 0 Å². The molecule has 144 valence electrons. The molecular weight excluding hydrogens is 344 g/mol. The van der Waals surface area contributed by atoms with Gasteiger partial charge >= 0.3 is 6.03 Å². The van der Waals surface area contributed by atoms with E-state index >= 15 is 0 Å². The minimum atomic E-state index is -0.0716. The normalized spacial score (nSPS) is 16.1. The van der Waals surface area contributed by atoms with Crippen LogP contribution in [0, 0.1) is 0 Å². The third-order valence-electron chi connectivity index (χ3n) is 4.70. The maximum absolute atomic E-state index is 12.6. The number of hydrogen-bond acceptors (Lipinski definition) is 4. The molecule has 1 saturated heterocycles. The van der Waals surface area contributed by atoms with Crippen LogP contribution in [0.1, 0.15) is 24.4 Å². The van der Waals surface area contributed by atoms with E-state index in [4.69, 9.17) is 14.2 Å². The molecule has 2 amide bonds. The van der Waals surface area contributed by atoms with Gasteiger partial charge in [-0.3, -0.25) is 0 Å². The summed E-state index contributed by atoms with van der Waals surface area (Å²) in [5.41, 5.74) is 1.06. The number of methoxy groups -OCH3 is 2. The quantitative estimate of drug-likeness (QED) is 0.756. The molecular formula is C21H26N2O4. The molecule has 0 spiro atoms. The first kappa shape index (κ1) is 18.9. The molecule has 1 N–H and O–H groups in total. The van der Waals surface area contributed by atoms with Crippen LogP contribution in [-0.2, 0) is 0 Å². The van der Waals surface area contributed by atoms with Crippen molar-refractivity contribution in [2.75, 3.05) is 33.9 Å². The summed E-state index contributed by atoms with van der Waals surface area (Å²) >= 11 is 0. The molecule has 2 aromatic rings. The molecule has 6 nitrogen and oxygen atoms in total. The summed E-state index contributed by atoms with van der Waals surface area (Å²) in [5.74, 6) is 2.29. The number of nitrogens with one attached hydrogen (secondary N) is 1. The minimum absolute atomic E-state index is 0.0421. The summed E-state index contributed by atoms with van der Waals surface area (Å²) in [6.45, 7) is 1.57. The molecule has 2 aromatic carbocycles. The third kappa shape index (κ3) is 4.64. The van der Waals surface area contributed by atoms with Crippen LogP contribution in [-0.4, -0.2) is 44.8 Å². The van der Waals surface area contributed by atoms with E-state index in [2.05, 4.69) is 5.32 Å². The molecule has 0 saturated carbocycles. The van der Waals surface area contributed by atoms with E-state index in [1.165, 1.54) is 0 Å². The summed E-state index contributed by atoms with van der Waals surface area (Å²) in [5, 5.41) is 2.95. The van der Waals surface area contributed by atoms with Gasteiger partial charge in [-0.15, -0.1) is 0 Å². The minimum Gasteiger partial charge on any atom is -0.497 e. The first-order chi connectivity index (χ1) is 13.2. The second kappa shape index (κ2) is 9.16. The Hall–Kier alpha value is -2.89. The van der Waals surface area contributed by atoms with E-state index in [0.717, 1.165) is 42.2 Å². The number of nitrogens with zero attached hydrogens (tertiary/aromatic N) is 1. The Balaban J connectivity index is 1.52. The van der Waals surface area contributed by atoms with Crippen molar-refractivity contribution in [3.8, 4) is 17.2 Å². The van der Waals surface area contributed by atoms with Crippen LogP contribution in [0.15, 0.2) is 48.5 Å². The Morgan fingerprint density at radius 1 is 1.11 bits per heavy atom. The molecule has 1 heterocycles. The predicted molar refractivity (Wildman–Crippen MR) is 104 cm³/mol. The molecule has 1 atom stereocenters. The number of benzene rings is 2. The Bertz CT molecular complexity index is 765. The maximum atomic E-state index is 12.6. The number of para-hydroxylation sites is 1. The van der Waals surface area contributed by atoms with Crippen LogP contribution in [0.5, 0.6) is 17.2 Å². The number of urea groups is 1. The molecule has 27 heavy (non-hydrogen) atoms. The van der Waals surface area contributed by atoms with Crippen molar-refractivity contribution in [1.29, 1.82) is 0 Å². The van der Waals surface area contributed by atoms with Crippen molar-refractivity contribution in [1.82, 2.24) is 10.2 Å². The van der Waals surface area contributed by atoms with Crippen LogP contribution in [0.25, 0.3) is 0 Å². The van der Waals surface area contributed by atoms with Gasteiger partial charge < -0.3 is 24.4 Å². The van der Waals surface area contributed by atoms with E-state index < -0.39 is 0 Å². The summed E-state index contributed by atoms with van der Waals surface area (Å²) in [4.78, 5) is 14.5. The van der Waals surface area contributed by atoms with Crippen molar-refractivity contribution < 1.29 is 19.0 Å². The lowest BCUT2D eigenvalue weighted by Crippen LogP contribution is -2.41. The van der Waals surface area contributed by atoms with Crippen molar-refractivity contribution in [2.45, 2.75) is 18.9 Å². The van der Waals surface area contributed by atoms with Crippen LogP contribution in [0.3, 0.4) is 0 Å². The molecule has 0 aliphatic carbocycles. The van der Waals surface area contributed by atoms with Crippen LogP contribution < -0.4 is 19.5 Å². The van der Waals surface area contributed by atoms with Gasteiger partial charge in [-0.05, 0) is 31.0 Å². The zero-order valence-corrected chi connectivity index (χ0v) is 15.8. The average Bonchev–Trinajstić information content (AvgIpc) is 3.21. The van der Waals surface area contributed by atoms with Crippen LogP contribution >= 0.6 is 0 Å². The fourth-order valence-corrected chi connectivity index (χ4v) is 3.39. The van der Waals surface area contributed by atoms with Crippen molar-refractivity contribution in [3.63, 3.8) is 0 Å². The average molecular weight is 370 g/mol. The first-order valence-corrected chi connectivity index (χ1v) is 9.17. The number of likely N-dealkylation sites (tertiary alicyclic amines) is 1. The lowest BCUT2D eigenvalue weighted by Gasteiger charge is -2.26. The van der Waals surface area contributed by atoms with E-state index in [9.17, 15) is 4.79 Å². The number of carbonyl (C=O) groups is 1. The fraction of sp³-hybridized carbons (Fsp3) is 0.381. The number of rotatable bonds is 7. The highest BCUT2D eigenvalue weighted by Crippen LogP contribution is 2.36. The third-order valence-corrected chi connectivity index (χ3v) is 4.70. The number of hydrogen-bond donors (Lipinski definition) is 1. The standard InChI is InChI=1S/C21H26N2O4/c1-25-16-7-5-8-17(15-16)27-14-12-22-21(24)23-13-6-10-19(23)18-9-3-4-11-20(18)26-2/h3-5,7-9,11,15,19H,6,10,12-14H2,1-2H3,(H,22,24). The van der Waals surface area contributed by atoms with Gasteiger partial charge in [-0.1, -0.05) is 24.3 Å². The van der Waals surface area contributed by atoms with E-state index in [1.54, 1.807) is 14.2 Å². The fourth-order valence-electron chi connectivity index (χ4n) is 3.39.